The highest BCUT2D eigenvalue weighted by Crippen LogP contribution is 2.10. The molecule has 6 heteroatoms. The summed E-state index contributed by atoms with van der Waals surface area (Å²) in [6.45, 7) is 2.29. The first-order chi connectivity index (χ1) is 9.17. The second-order valence-electron chi connectivity index (χ2n) is 4.43. The largest absolute Gasteiger partial charge is 0.469 e. The molecule has 0 fully saturated rings. The van der Waals surface area contributed by atoms with E-state index in [0.29, 0.717) is 0 Å². The molecular formula is C13H18N4O2. The van der Waals surface area contributed by atoms with Crippen LogP contribution in [0.3, 0.4) is 0 Å². The van der Waals surface area contributed by atoms with E-state index in [-0.39, 0.29) is 18.5 Å². The van der Waals surface area contributed by atoms with Crippen molar-refractivity contribution >= 4 is 11.6 Å². The van der Waals surface area contributed by atoms with Gasteiger partial charge in [0.15, 0.2) is 0 Å². The summed E-state index contributed by atoms with van der Waals surface area (Å²) in [6, 6.07) is 4.06. The Morgan fingerprint density at radius 2 is 2.42 bits per heavy atom. The maximum absolute atomic E-state index is 11.2. The number of hydrogen-bond acceptors (Lipinski definition) is 4. The van der Waals surface area contributed by atoms with Gasteiger partial charge in [0.1, 0.15) is 12.3 Å². The lowest BCUT2D eigenvalue weighted by Crippen LogP contribution is -2.23. The predicted octanol–water partition coefficient (Wildman–Crippen LogP) is 1.27. The van der Waals surface area contributed by atoms with E-state index in [1.807, 2.05) is 18.3 Å². The molecule has 6 nitrogen and oxygen atoms in total. The number of anilines is 1. The van der Waals surface area contributed by atoms with Gasteiger partial charge in [-0.3, -0.25) is 9.48 Å². The van der Waals surface area contributed by atoms with Crippen molar-refractivity contribution in [3.8, 4) is 0 Å². The molecule has 0 radical (unpaired) electrons. The number of furan rings is 1. The minimum absolute atomic E-state index is 0.0710. The number of amides is 1. The molecule has 1 amide bonds. The van der Waals surface area contributed by atoms with Crippen molar-refractivity contribution in [1.29, 1.82) is 0 Å². The van der Waals surface area contributed by atoms with E-state index in [2.05, 4.69) is 22.7 Å². The zero-order chi connectivity index (χ0) is 13.7. The molecule has 2 N–H and O–H groups in total. The number of aromatic nitrogens is 2. The SMILES string of the molecule is CNC(=O)Cn1cc(NC(C)Cc2ccco2)cn1. The molecule has 1 unspecified atom stereocenters. The fourth-order valence-corrected chi connectivity index (χ4v) is 1.82. The van der Waals surface area contributed by atoms with Gasteiger partial charge in [0.25, 0.3) is 0 Å². The Morgan fingerprint density at radius 1 is 1.58 bits per heavy atom. The van der Waals surface area contributed by atoms with Crippen LogP contribution >= 0.6 is 0 Å². The Labute approximate surface area is 111 Å². The summed E-state index contributed by atoms with van der Waals surface area (Å²) >= 11 is 0. The topological polar surface area (TPSA) is 72.1 Å². The van der Waals surface area contributed by atoms with Gasteiger partial charge in [0, 0.05) is 25.7 Å². The van der Waals surface area contributed by atoms with E-state index in [0.717, 1.165) is 17.9 Å². The van der Waals surface area contributed by atoms with E-state index < -0.39 is 0 Å². The highest BCUT2D eigenvalue weighted by Gasteiger charge is 2.08. The van der Waals surface area contributed by atoms with Crippen LogP contribution in [0.25, 0.3) is 0 Å². The average molecular weight is 262 g/mol. The van der Waals surface area contributed by atoms with Crippen molar-refractivity contribution in [3.05, 3.63) is 36.5 Å². The van der Waals surface area contributed by atoms with Gasteiger partial charge in [-0.25, -0.2) is 0 Å². The zero-order valence-electron chi connectivity index (χ0n) is 11.1. The van der Waals surface area contributed by atoms with Gasteiger partial charge in [-0.1, -0.05) is 0 Å². The summed E-state index contributed by atoms with van der Waals surface area (Å²) < 4.78 is 6.90. The number of carbonyl (C=O) groups excluding carboxylic acids is 1. The second kappa shape index (κ2) is 6.08. The van der Waals surface area contributed by atoms with Crippen LogP contribution < -0.4 is 10.6 Å². The van der Waals surface area contributed by atoms with Crippen molar-refractivity contribution in [1.82, 2.24) is 15.1 Å². The number of likely N-dealkylation sites (N-methyl/N-ethyl adjacent to an activating group) is 1. The molecule has 1 atom stereocenters. The van der Waals surface area contributed by atoms with E-state index in [1.54, 1.807) is 24.2 Å². The van der Waals surface area contributed by atoms with Gasteiger partial charge >= 0.3 is 0 Å². The molecule has 0 aliphatic rings. The molecule has 0 saturated heterocycles. The monoisotopic (exact) mass is 262 g/mol. The average Bonchev–Trinajstić information content (AvgIpc) is 3.01. The van der Waals surface area contributed by atoms with E-state index in [4.69, 9.17) is 4.42 Å². The summed E-state index contributed by atoms with van der Waals surface area (Å²) in [4.78, 5) is 11.2. The Balaban J connectivity index is 1.87. The van der Waals surface area contributed by atoms with Crippen LogP contribution in [0.4, 0.5) is 5.69 Å². The second-order valence-corrected chi connectivity index (χ2v) is 4.43. The molecule has 0 bridgehead atoms. The Kier molecular flexibility index (Phi) is 4.22. The number of rotatable bonds is 6. The maximum atomic E-state index is 11.2. The van der Waals surface area contributed by atoms with Crippen molar-refractivity contribution in [3.63, 3.8) is 0 Å². The van der Waals surface area contributed by atoms with Crippen LogP contribution in [0, 0.1) is 0 Å². The third kappa shape index (κ3) is 3.87. The number of nitrogens with zero attached hydrogens (tertiary/aromatic N) is 2. The Bertz CT molecular complexity index is 518. The smallest absolute Gasteiger partial charge is 0.241 e. The molecule has 0 saturated carbocycles. The van der Waals surface area contributed by atoms with Gasteiger partial charge < -0.3 is 15.1 Å². The van der Waals surface area contributed by atoms with E-state index >= 15 is 0 Å². The molecule has 2 rings (SSSR count). The minimum Gasteiger partial charge on any atom is -0.469 e. The molecule has 0 spiro atoms. The molecule has 0 aliphatic heterocycles. The minimum atomic E-state index is -0.0710. The molecule has 102 valence electrons. The first-order valence-electron chi connectivity index (χ1n) is 6.19. The number of hydrogen-bond donors (Lipinski definition) is 2. The lowest BCUT2D eigenvalue weighted by Gasteiger charge is -2.11. The van der Waals surface area contributed by atoms with Crippen LogP contribution in [0.15, 0.2) is 35.2 Å². The van der Waals surface area contributed by atoms with Crippen LogP contribution in [0.2, 0.25) is 0 Å². The standard InChI is InChI=1S/C13H18N4O2/c1-10(6-12-4-3-5-19-12)16-11-7-15-17(8-11)9-13(18)14-2/h3-5,7-8,10,16H,6,9H2,1-2H3,(H,14,18). The van der Waals surface area contributed by atoms with Crippen molar-refractivity contribution in [2.45, 2.75) is 25.9 Å². The quantitative estimate of drug-likeness (QED) is 0.822. The maximum Gasteiger partial charge on any atom is 0.241 e. The third-order valence-electron chi connectivity index (χ3n) is 2.72. The van der Waals surface area contributed by atoms with Crippen LogP contribution in [0.1, 0.15) is 12.7 Å². The van der Waals surface area contributed by atoms with Gasteiger partial charge in [-0.05, 0) is 19.1 Å². The molecular weight excluding hydrogens is 244 g/mol. The summed E-state index contributed by atoms with van der Waals surface area (Å²) in [5.74, 6) is 0.871. The van der Waals surface area contributed by atoms with Crippen LogP contribution in [0.5, 0.6) is 0 Å². The third-order valence-corrected chi connectivity index (χ3v) is 2.72. The van der Waals surface area contributed by atoms with Crippen molar-refractivity contribution in [2.75, 3.05) is 12.4 Å². The van der Waals surface area contributed by atoms with E-state index in [1.165, 1.54) is 0 Å². The van der Waals surface area contributed by atoms with E-state index in [9.17, 15) is 4.79 Å². The predicted molar refractivity (Wildman–Crippen MR) is 71.8 cm³/mol. The van der Waals surface area contributed by atoms with Gasteiger partial charge in [-0.2, -0.15) is 5.10 Å². The summed E-state index contributed by atoms with van der Waals surface area (Å²) in [6.07, 6.45) is 5.99. The van der Waals surface area contributed by atoms with Crippen molar-refractivity contribution < 1.29 is 9.21 Å². The molecule has 2 aromatic heterocycles. The van der Waals surface area contributed by atoms with Crippen LogP contribution in [-0.2, 0) is 17.8 Å². The highest BCUT2D eigenvalue weighted by atomic mass is 16.3. The van der Waals surface area contributed by atoms with Crippen molar-refractivity contribution in [2.24, 2.45) is 0 Å². The Hall–Kier alpha value is -2.24. The first kappa shape index (κ1) is 13.2. The van der Waals surface area contributed by atoms with Crippen LogP contribution in [-0.4, -0.2) is 28.8 Å². The zero-order valence-corrected chi connectivity index (χ0v) is 11.1. The molecule has 0 aromatic carbocycles. The fraction of sp³-hybridized carbons (Fsp3) is 0.385. The summed E-state index contributed by atoms with van der Waals surface area (Å²) in [5.41, 5.74) is 0.892. The first-order valence-corrected chi connectivity index (χ1v) is 6.19. The molecule has 2 aromatic rings. The lowest BCUT2D eigenvalue weighted by molar-refractivity contribution is -0.121. The Morgan fingerprint density at radius 3 is 3.11 bits per heavy atom. The van der Waals surface area contributed by atoms with Gasteiger partial charge in [-0.15, -0.1) is 0 Å². The number of carbonyl (C=O) groups is 1. The lowest BCUT2D eigenvalue weighted by atomic mass is 10.2. The normalized spacial score (nSPS) is 12.1. The fourth-order valence-electron chi connectivity index (χ4n) is 1.82. The molecule has 2 heterocycles. The molecule has 0 aliphatic carbocycles. The number of nitrogens with one attached hydrogen (secondary N) is 2. The summed E-state index contributed by atoms with van der Waals surface area (Å²) in [7, 11) is 1.61. The van der Waals surface area contributed by atoms with Gasteiger partial charge in [0.05, 0.1) is 18.1 Å². The molecule has 19 heavy (non-hydrogen) atoms. The highest BCUT2D eigenvalue weighted by molar-refractivity contribution is 5.75. The van der Waals surface area contributed by atoms with Gasteiger partial charge in [0.2, 0.25) is 5.91 Å². The summed E-state index contributed by atoms with van der Waals surface area (Å²) in [5, 5.41) is 10.0.